The predicted molar refractivity (Wildman–Crippen MR) is 222 cm³/mol. The average molecular weight is 858 g/mol. The topological polar surface area (TPSA) is 211 Å². The van der Waals surface area contributed by atoms with Gasteiger partial charge in [0.15, 0.2) is 17.7 Å². The van der Waals surface area contributed by atoms with Crippen LogP contribution in [0.3, 0.4) is 0 Å². The van der Waals surface area contributed by atoms with Crippen LogP contribution in [0.25, 0.3) is 11.4 Å². The minimum Gasteiger partial charge on any atom is -0.455 e. The van der Waals surface area contributed by atoms with Crippen LogP contribution in [0.4, 0.5) is 14.9 Å². The molecule has 1 amide bonds. The number of aromatic nitrogens is 4. The Morgan fingerprint density at radius 3 is 2.33 bits per heavy atom. The molecule has 61 heavy (non-hydrogen) atoms. The Balaban J connectivity index is 1.75. The second kappa shape index (κ2) is 20.1. The number of esters is 1. The van der Waals surface area contributed by atoms with E-state index in [0.717, 1.165) is 6.92 Å². The van der Waals surface area contributed by atoms with Crippen LogP contribution in [0.1, 0.15) is 81.6 Å². The Kier molecular flexibility index (Phi) is 16.2. The van der Waals surface area contributed by atoms with Crippen molar-refractivity contribution in [2.45, 2.75) is 142 Å². The van der Waals surface area contributed by atoms with Gasteiger partial charge >= 0.3 is 12.1 Å². The van der Waals surface area contributed by atoms with Crippen molar-refractivity contribution in [1.82, 2.24) is 29.8 Å². The molecule has 0 aliphatic carbocycles. The molecule has 12 atom stereocenters. The first kappa shape index (κ1) is 49.1. The van der Waals surface area contributed by atoms with Gasteiger partial charge in [0.25, 0.3) is 5.67 Å². The van der Waals surface area contributed by atoms with Gasteiger partial charge < -0.3 is 39.4 Å². The first-order chi connectivity index (χ1) is 28.6. The maximum absolute atomic E-state index is 16.9. The lowest BCUT2D eigenvalue weighted by Crippen LogP contribution is -2.61. The fraction of sp³-hybridized carbons (Fsp3) is 0.698. The van der Waals surface area contributed by atoms with Crippen molar-refractivity contribution in [3.05, 3.63) is 24.5 Å². The van der Waals surface area contributed by atoms with E-state index in [9.17, 15) is 24.3 Å². The van der Waals surface area contributed by atoms with E-state index < -0.39 is 89.2 Å². The Bertz CT molecular complexity index is 1930. The van der Waals surface area contributed by atoms with Crippen molar-refractivity contribution < 1.29 is 52.4 Å². The zero-order valence-electron chi connectivity index (χ0n) is 37.5. The van der Waals surface area contributed by atoms with Crippen molar-refractivity contribution in [1.29, 1.82) is 0 Å². The number of rotatable bonds is 13. The van der Waals surface area contributed by atoms with Crippen LogP contribution in [0, 0.1) is 29.6 Å². The smallest absolute Gasteiger partial charge is 0.411 e. The number of hydrogen-bond donors (Lipinski definition) is 2. The molecule has 18 heteroatoms. The number of nitrogen functional groups attached to an aromatic ring is 1. The molecule has 2 fully saturated rings. The molecule has 0 bridgehead atoms. The van der Waals surface area contributed by atoms with Gasteiger partial charge in [-0.25, -0.2) is 18.7 Å². The number of ketones is 2. The van der Waals surface area contributed by atoms with Crippen LogP contribution in [0.2, 0.25) is 0 Å². The number of anilines is 1. The summed E-state index contributed by atoms with van der Waals surface area (Å²) in [5, 5.41) is 19.8. The van der Waals surface area contributed by atoms with Crippen LogP contribution in [-0.2, 0) is 44.6 Å². The molecule has 4 rings (SSSR count). The number of nitrogens with two attached hydrogens (primary N) is 1. The number of nitrogens with zero attached hydrogens (tertiary/aromatic N) is 6. The van der Waals surface area contributed by atoms with Gasteiger partial charge in [-0.15, -0.1) is 5.10 Å². The molecular formula is C43H64FN7O10. The first-order valence-electron chi connectivity index (χ1n) is 20.8. The van der Waals surface area contributed by atoms with Gasteiger partial charge in [0.05, 0.1) is 36.2 Å². The van der Waals surface area contributed by atoms with Gasteiger partial charge in [0, 0.05) is 49.4 Å². The van der Waals surface area contributed by atoms with Crippen LogP contribution >= 0.6 is 0 Å². The Labute approximate surface area is 358 Å². The zero-order chi connectivity index (χ0) is 45.6. The first-order valence-corrected chi connectivity index (χ1v) is 20.8. The highest BCUT2D eigenvalue weighted by Gasteiger charge is 2.61. The van der Waals surface area contributed by atoms with Gasteiger partial charge in [-0.2, -0.15) is 0 Å². The van der Waals surface area contributed by atoms with Crippen molar-refractivity contribution >= 4 is 29.3 Å². The maximum atomic E-state index is 16.9. The van der Waals surface area contributed by atoms with Crippen molar-refractivity contribution in [3.63, 3.8) is 0 Å². The SMILES string of the molecule is CCO[C@@H](O[C@@H]1[C@@H](C)C(=O)[C@](C)(F)C(=O)O[C@H](CC)[C@@]2(C)OC(=O)N(CC#CCn3cc(-c4cc(N)ccn4)nn3)[C@@H]2[C@@H](C)C(=O)[C@H](C)C[C@@]1(C)OC)C(O)C(CC)N(C)C. The lowest BCUT2D eigenvalue weighted by atomic mass is 9.73. The summed E-state index contributed by atoms with van der Waals surface area (Å²) < 4.78 is 48.7. The molecule has 3 N–H and O–H groups in total. The number of alkyl halides is 1. The highest BCUT2D eigenvalue weighted by Crippen LogP contribution is 2.43. The number of carbonyl (C=O) groups is 4. The van der Waals surface area contributed by atoms with E-state index >= 15 is 4.39 Å². The highest BCUT2D eigenvalue weighted by molar-refractivity contribution is 6.08. The summed E-state index contributed by atoms with van der Waals surface area (Å²) in [4.78, 5) is 64.1. The number of carbonyl (C=O) groups excluding carboxylic acids is 4. The van der Waals surface area contributed by atoms with E-state index in [0.29, 0.717) is 23.5 Å². The number of aliphatic hydroxyl groups is 1. The molecule has 0 spiro atoms. The molecule has 338 valence electrons. The van der Waals surface area contributed by atoms with E-state index in [2.05, 4.69) is 27.1 Å². The van der Waals surface area contributed by atoms with Crippen LogP contribution in [0.15, 0.2) is 24.5 Å². The summed E-state index contributed by atoms with van der Waals surface area (Å²) in [6, 6.07) is 1.82. The number of methoxy groups -OCH3 is 1. The van der Waals surface area contributed by atoms with Crippen molar-refractivity contribution in [2.75, 3.05) is 40.1 Å². The summed E-state index contributed by atoms with van der Waals surface area (Å²) in [7, 11) is 4.97. The average Bonchev–Trinajstić information content (AvgIpc) is 3.79. The number of aliphatic hydroxyl groups excluding tert-OH is 1. The molecular weight excluding hydrogens is 794 g/mol. The molecule has 0 radical (unpaired) electrons. The van der Waals surface area contributed by atoms with Gasteiger partial charge in [-0.05, 0) is 73.2 Å². The second-order valence-corrected chi connectivity index (χ2v) is 16.8. The fourth-order valence-corrected chi connectivity index (χ4v) is 8.82. The van der Waals surface area contributed by atoms with Crippen LogP contribution in [0.5, 0.6) is 0 Å². The Hall–Kier alpha value is -4.54. The largest absolute Gasteiger partial charge is 0.455 e. The molecule has 2 aromatic rings. The summed E-state index contributed by atoms with van der Waals surface area (Å²) in [6.45, 7) is 14.0. The van der Waals surface area contributed by atoms with Crippen LogP contribution < -0.4 is 5.73 Å². The number of fused-ring (bicyclic) bond motifs is 1. The predicted octanol–water partition coefficient (Wildman–Crippen LogP) is 3.86. The number of cyclic esters (lactones) is 1. The summed E-state index contributed by atoms with van der Waals surface area (Å²) in [5.41, 5.74) is 1.01. The monoisotopic (exact) mass is 857 g/mol. The van der Waals surface area contributed by atoms with Gasteiger partial charge in [0.1, 0.15) is 30.2 Å². The van der Waals surface area contributed by atoms with E-state index in [1.807, 2.05) is 11.8 Å². The third-order valence-electron chi connectivity index (χ3n) is 12.2. The summed E-state index contributed by atoms with van der Waals surface area (Å²) in [5.74, 6) is -0.196. The van der Waals surface area contributed by atoms with Gasteiger partial charge in [0.2, 0.25) is 0 Å². The Morgan fingerprint density at radius 2 is 1.74 bits per heavy atom. The number of hydrogen-bond acceptors (Lipinski definition) is 15. The number of likely N-dealkylation sites (N-methyl/N-ethyl adjacent to an activating group) is 1. The minimum absolute atomic E-state index is 0.0320. The minimum atomic E-state index is -3.22. The molecule has 2 aliphatic heterocycles. The van der Waals surface area contributed by atoms with E-state index in [1.54, 1.807) is 73.2 Å². The lowest BCUT2D eigenvalue weighted by Gasteiger charge is -2.45. The van der Waals surface area contributed by atoms with Gasteiger partial charge in [-0.1, -0.05) is 51.7 Å². The van der Waals surface area contributed by atoms with E-state index in [4.69, 9.17) is 29.4 Å². The second-order valence-electron chi connectivity index (χ2n) is 16.8. The third kappa shape index (κ3) is 10.4. The highest BCUT2D eigenvalue weighted by atomic mass is 19.1. The molecule has 2 unspecified atom stereocenters. The third-order valence-corrected chi connectivity index (χ3v) is 12.2. The molecule has 0 aromatic carbocycles. The normalized spacial score (nSPS) is 31.7. The van der Waals surface area contributed by atoms with Crippen molar-refractivity contribution in [3.8, 4) is 23.2 Å². The summed E-state index contributed by atoms with van der Waals surface area (Å²) >= 11 is 0. The molecule has 0 saturated carbocycles. The van der Waals surface area contributed by atoms with Crippen LogP contribution in [-0.4, -0.2) is 146 Å². The number of halogens is 1. The molecule has 2 aliphatic rings. The number of ether oxygens (including phenoxy) is 5. The van der Waals surface area contributed by atoms with Crippen molar-refractivity contribution in [2.24, 2.45) is 17.8 Å². The molecule has 17 nitrogen and oxygen atoms in total. The quantitative estimate of drug-likeness (QED) is 0.127. The fourth-order valence-electron chi connectivity index (χ4n) is 8.82. The standard InChI is InChI=1S/C43H64FN7O10/c1-13-31(49(10)11)34(53)38(58-15-3)60-37-27(6)36(54)42(8,44)39(55)59-32(14-2)43(9)35(26(5)33(52)25(4)23-41(37,7)57-12)51(40(56)61-43)21-17-16-20-50-24-30(47-48-50)29-22-28(45)18-19-46-29/h18-19,22,24-27,31-32,34-35,37-38,53H,13-15,20-21,23H2,1-12H3,(H2,45,46)/t25-,26+,27+,31?,32-,34?,35-,37-,38+,41-,42+,43-/m1/s1. The van der Waals surface area contributed by atoms with E-state index in [-0.39, 0.29) is 38.3 Å². The number of Topliss-reactive ketones (excluding diaryl/α,β-unsaturated/α-hetero) is 2. The number of pyridine rings is 1. The Morgan fingerprint density at radius 1 is 1.07 bits per heavy atom. The summed E-state index contributed by atoms with van der Waals surface area (Å²) in [6.07, 6.45) is -2.32. The molecule has 2 aromatic heterocycles. The molecule has 2 saturated heterocycles. The zero-order valence-corrected chi connectivity index (χ0v) is 37.5. The van der Waals surface area contributed by atoms with Gasteiger partial charge in [-0.3, -0.25) is 19.5 Å². The molecule has 4 heterocycles. The maximum Gasteiger partial charge on any atom is 0.411 e. The lowest BCUT2D eigenvalue weighted by molar-refractivity contribution is -0.266. The van der Waals surface area contributed by atoms with E-state index in [1.165, 1.54) is 30.5 Å². The number of amides is 1.